The molecule has 0 spiro atoms. The van der Waals surface area contributed by atoms with Crippen molar-refractivity contribution in [2.24, 2.45) is 7.05 Å². The minimum absolute atomic E-state index is 0.341. The van der Waals surface area contributed by atoms with E-state index in [9.17, 15) is 0 Å². The van der Waals surface area contributed by atoms with Crippen LogP contribution < -0.4 is 5.73 Å². The van der Waals surface area contributed by atoms with Gasteiger partial charge in [0.1, 0.15) is 0 Å². The average molecular weight is 244 g/mol. The Hall–Kier alpha value is -1.93. The molecule has 0 saturated carbocycles. The molecule has 0 aliphatic carbocycles. The van der Waals surface area contributed by atoms with Crippen molar-refractivity contribution < 1.29 is 0 Å². The van der Waals surface area contributed by atoms with Gasteiger partial charge >= 0.3 is 0 Å². The molecule has 5 heteroatoms. The highest BCUT2D eigenvalue weighted by Crippen LogP contribution is 2.29. The van der Waals surface area contributed by atoms with Crippen LogP contribution in [-0.4, -0.2) is 9.78 Å². The maximum Gasteiger partial charge on any atom is 0.0670 e. The van der Waals surface area contributed by atoms with Gasteiger partial charge in [0.25, 0.3) is 0 Å². The number of nitrogens with zero attached hydrogens (tertiary/aromatic N) is 3. The lowest BCUT2D eigenvalue weighted by molar-refractivity contribution is 0.766. The first-order chi connectivity index (χ1) is 8.19. The van der Waals surface area contributed by atoms with Gasteiger partial charge in [-0.2, -0.15) is 10.4 Å². The van der Waals surface area contributed by atoms with Gasteiger partial charge in [0.15, 0.2) is 0 Å². The summed E-state index contributed by atoms with van der Waals surface area (Å²) in [7, 11) is 1.88. The molecule has 2 rings (SSSR count). The Morgan fingerprint density at radius 3 is 2.94 bits per heavy atom. The van der Waals surface area contributed by atoms with Crippen molar-refractivity contribution in [3.63, 3.8) is 0 Å². The third-order valence-corrected chi connectivity index (χ3v) is 3.24. The molecule has 0 radical (unpaired) electrons. The first-order valence-corrected chi connectivity index (χ1v) is 5.92. The highest BCUT2D eigenvalue weighted by molar-refractivity contribution is 7.99. The SMILES string of the molecule is Cn1cc(Sc2ccc(N)c(CC#N)c2)cn1. The van der Waals surface area contributed by atoms with Gasteiger partial charge in [-0.3, -0.25) is 4.68 Å². The van der Waals surface area contributed by atoms with E-state index in [1.807, 2.05) is 37.6 Å². The molecule has 0 aliphatic rings. The third-order valence-electron chi connectivity index (χ3n) is 2.30. The van der Waals surface area contributed by atoms with E-state index in [-0.39, 0.29) is 0 Å². The van der Waals surface area contributed by atoms with Crippen LogP contribution in [-0.2, 0) is 13.5 Å². The van der Waals surface area contributed by atoms with Crippen LogP contribution in [0.4, 0.5) is 5.69 Å². The van der Waals surface area contributed by atoms with Gasteiger partial charge < -0.3 is 5.73 Å². The number of anilines is 1. The molecule has 0 fully saturated rings. The summed E-state index contributed by atoms with van der Waals surface area (Å²) in [5.74, 6) is 0. The molecule has 1 aromatic carbocycles. The first kappa shape index (κ1) is 11.6. The summed E-state index contributed by atoms with van der Waals surface area (Å²) in [6, 6.07) is 7.86. The molecule has 17 heavy (non-hydrogen) atoms. The summed E-state index contributed by atoms with van der Waals surface area (Å²) < 4.78 is 1.76. The van der Waals surface area contributed by atoms with Crippen molar-refractivity contribution in [1.82, 2.24) is 9.78 Å². The van der Waals surface area contributed by atoms with Crippen molar-refractivity contribution in [3.8, 4) is 6.07 Å². The van der Waals surface area contributed by atoms with E-state index >= 15 is 0 Å². The zero-order valence-corrected chi connectivity index (χ0v) is 10.2. The topological polar surface area (TPSA) is 67.6 Å². The third kappa shape index (κ3) is 2.80. The number of aromatic nitrogens is 2. The van der Waals surface area contributed by atoms with Crippen LogP contribution in [0.3, 0.4) is 0 Å². The van der Waals surface area contributed by atoms with E-state index in [4.69, 9.17) is 11.0 Å². The Labute approximate surface area is 104 Å². The van der Waals surface area contributed by atoms with E-state index in [2.05, 4.69) is 11.2 Å². The molecule has 0 amide bonds. The van der Waals surface area contributed by atoms with Crippen LogP contribution in [0.1, 0.15) is 5.56 Å². The number of benzene rings is 1. The van der Waals surface area contributed by atoms with Crippen LogP contribution in [0.25, 0.3) is 0 Å². The van der Waals surface area contributed by atoms with Gasteiger partial charge in [-0.1, -0.05) is 11.8 Å². The Morgan fingerprint density at radius 2 is 2.29 bits per heavy atom. The Balaban J connectivity index is 2.22. The normalized spacial score (nSPS) is 10.1. The van der Waals surface area contributed by atoms with Crippen LogP contribution in [0.2, 0.25) is 0 Å². The number of nitrogens with two attached hydrogens (primary N) is 1. The summed E-state index contributed by atoms with van der Waals surface area (Å²) in [5.41, 5.74) is 7.34. The maximum atomic E-state index is 8.70. The summed E-state index contributed by atoms with van der Waals surface area (Å²) in [6.45, 7) is 0. The van der Waals surface area contributed by atoms with E-state index in [0.29, 0.717) is 12.1 Å². The number of hydrogen-bond acceptors (Lipinski definition) is 4. The summed E-state index contributed by atoms with van der Waals surface area (Å²) in [6.07, 6.45) is 4.10. The molecule has 0 atom stereocenters. The van der Waals surface area contributed by atoms with E-state index < -0.39 is 0 Å². The largest absolute Gasteiger partial charge is 0.398 e. The van der Waals surface area contributed by atoms with Gasteiger partial charge in [0.05, 0.1) is 23.6 Å². The minimum Gasteiger partial charge on any atom is -0.398 e. The monoisotopic (exact) mass is 244 g/mol. The first-order valence-electron chi connectivity index (χ1n) is 5.11. The average Bonchev–Trinajstić information content (AvgIpc) is 2.69. The molecule has 4 nitrogen and oxygen atoms in total. The molecule has 2 aromatic rings. The lowest BCUT2D eigenvalue weighted by Crippen LogP contribution is -1.93. The Bertz CT molecular complexity index is 568. The molecule has 1 heterocycles. The minimum atomic E-state index is 0.341. The van der Waals surface area contributed by atoms with Crippen molar-refractivity contribution in [3.05, 3.63) is 36.2 Å². The zero-order chi connectivity index (χ0) is 12.3. The predicted octanol–water partition coefficient (Wildman–Crippen LogP) is 2.22. The molecule has 0 unspecified atom stereocenters. The van der Waals surface area contributed by atoms with Gasteiger partial charge in [0.2, 0.25) is 0 Å². The summed E-state index contributed by atoms with van der Waals surface area (Å²) >= 11 is 1.61. The molecule has 2 N–H and O–H groups in total. The number of hydrogen-bond donors (Lipinski definition) is 1. The summed E-state index contributed by atoms with van der Waals surface area (Å²) in [4.78, 5) is 2.14. The number of aryl methyl sites for hydroxylation is 1. The van der Waals surface area contributed by atoms with E-state index in [1.165, 1.54) is 0 Å². The van der Waals surface area contributed by atoms with Crippen LogP contribution in [0.15, 0.2) is 40.4 Å². The molecular formula is C12H12N4S. The molecule has 0 aliphatic heterocycles. The highest BCUT2D eigenvalue weighted by atomic mass is 32.2. The molecule has 1 aromatic heterocycles. The zero-order valence-electron chi connectivity index (χ0n) is 9.42. The van der Waals surface area contributed by atoms with Gasteiger partial charge in [-0.25, -0.2) is 0 Å². The quantitative estimate of drug-likeness (QED) is 0.841. The lowest BCUT2D eigenvalue weighted by Gasteiger charge is -2.04. The second-order valence-electron chi connectivity index (χ2n) is 3.65. The Kier molecular flexibility index (Phi) is 3.35. The van der Waals surface area contributed by atoms with Gasteiger partial charge in [0, 0.05) is 23.8 Å². The van der Waals surface area contributed by atoms with Gasteiger partial charge in [-0.15, -0.1) is 0 Å². The molecular weight excluding hydrogens is 232 g/mol. The fourth-order valence-corrected chi connectivity index (χ4v) is 2.39. The molecule has 86 valence electrons. The van der Waals surface area contributed by atoms with Gasteiger partial charge in [-0.05, 0) is 23.8 Å². The summed E-state index contributed by atoms with van der Waals surface area (Å²) in [5, 5.41) is 12.8. The highest BCUT2D eigenvalue weighted by Gasteiger charge is 2.04. The second kappa shape index (κ2) is 4.93. The lowest BCUT2D eigenvalue weighted by atomic mass is 10.1. The van der Waals surface area contributed by atoms with Crippen molar-refractivity contribution >= 4 is 17.4 Å². The number of nitrogen functional groups attached to an aromatic ring is 1. The number of rotatable bonds is 3. The standard InChI is InChI=1S/C12H12N4S/c1-16-8-11(7-15-16)17-10-2-3-12(14)9(6-10)4-5-13/h2-3,6-8H,4,14H2,1H3. The van der Waals surface area contributed by atoms with Crippen LogP contribution >= 0.6 is 11.8 Å². The fraction of sp³-hybridized carbons (Fsp3) is 0.167. The van der Waals surface area contributed by atoms with Crippen molar-refractivity contribution in [1.29, 1.82) is 5.26 Å². The van der Waals surface area contributed by atoms with Crippen LogP contribution in [0.5, 0.6) is 0 Å². The predicted molar refractivity (Wildman–Crippen MR) is 67.5 cm³/mol. The second-order valence-corrected chi connectivity index (χ2v) is 4.79. The molecule has 0 bridgehead atoms. The van der Waals surface area contributed by atoms with Crippen molar-refractivity contribution in [2.45, 2.75) is 16.2 Å². The van der Waals surface area contributed by atoms with E-state index in [1.54, 1.807) is 16.4 Å². The molecule has 0 saturated heterocycles. The van der Waals surface area contributed by atoms with Crippen molar-refractivity contribution in [2.75, 3.05) is 5.73 Å². The fourth-order valence-electron chi connectivity index (χ4n) is 1.47. The van der Waals surface area contributed by atoms with E-state index in [0.717, 1.165) is 15.4 Å². The maximum absolute atomic E-state index is 8.70. The number of nitriles is 1. The smallest absolute Gasteiger partial charge is 0.0670 e. The van der Waals surface area contributed by atoms with Crippen LogP contribution in [0, 0.1) is 11.3 Å². The Morgan fingerprint density at radius 1 is 1.47 bits per heavy atom.